The molecule has 1 rings (SSSR count). The highest BCUT2D eigenvalue weighted by Crippen LogP contribution is 2.16. The van der Waals surface area contributed by atoms with Crippen molar-refractivity contribution in [1.82, 2.24) is 5.32 Å². The molecular weight excluding hydrogens is 262 g/mol. The maximum Gasteiger partial charge on any atom is 0.220 e. The van der Waals surface area contributed by atoms with Gasteiger partial charge in [-0.3, -0.25) is 4.79 Å². The van der Waals surface area contributed by atoms with Crippen molar-refractivity contribution in [2.75, 3.05) is 6.61 Å². The Balaban J connectivity index is 2.41. The second kappa shape index (κ2) is 8.18. The summed E-state index contributed by atoms with van der Waals surface area (Å²) in [5, 5.41) is 12.8. The Hall–Kier alpha value is -1.06. The van der Waals surface area contributed by atoms with Crippen LogP contribution in [0.15, 0.2) is 24.3 Å². The number of hydrogen-bond donors (Lipinski definition) is 2. The average molecular weight is 284 g/mol. The molecular formula is C15H22ClNO2. The van der Waals surface area contributed by atoms with Crippen LogP contribution in [0.25, 0.3) is 0 Å². The van der Waals surface area contributed by atoms with Gasteiger partial charge in [0.1, 0.15) is 0 Å². The summed E-state index contributed by atoms with van der Waals surface area (Å²) >= 11 is 6.04. The Morgan fingerprint density at radius 1 is 1.37 bits per heavy atom. The number of aliphatic hydroxyl groups is 1. The van der Waals surface area contributed by atoms with Gasteiger partial charge < -0.3 is 10.4 Å². The van der Waals surface area contributed by atoms with E-state index < -0.39 is 0 Å². The molecule has 106 valence electrons. The number of hydrogen-bond acceptors (Lipinski definition) is 2. The van der Waals surface area contributed by atoms with Gasteiger partial charge in [0.2, 0.25) is 5.91 Å². The fourth-order valence-corrected chi connectivity index (χ4v) is 2.23. The summed E-state index contributed by atoms with van der Waals surface area (Å²) < 4.78 is 0. The van der Waals surface area contributed by atoms with E-state index in [4.69, 9.17) is 11.6 Å². The zero-order valence-corrected chi connectivity index (χ0v) is 12.3. The number of rotatable bonds is 7. The molecule has 0 aromatic heterocycles. The van der Waals surface area contributed by atoms with Gasteiger partial charge in [-0.1, -0.05) is 43.6 Å². The van der Waals surface area contributed by atoms with Crippen molar-refractivity contribution in [2.24, 2.45) is 5.92 Å². The van der Waals surface area contributed by atoms with Crippen LogP contribution in [0.2, 0.25) is 5.02 Å². The summed E-state index contributed by atoms with van der Waals surface area (Å²) in [6.45, 7) is 4.12. The molecule has 2 N–H and O–H groups in total. The standard InChI is InChI=1S/C15H22ClNO2/c1-11(2)9-13(10-18)17-15(19)8-7-12-5-3-4-6-14(12)16/h3-6,11,13,18H,7-10H2,1-2H3,(H,17,19). The van der Waals surface area contributed by atoms with Crippen LogP contribution in [0, 0.1) is 5.92 Å². The first-order chi connectivity index (χ1) is 9.02. The number of halogens is 1. The molecule has 0 aliphatic carbocycles. The van der Waals surface area contributed by atoms with E-state index in [1.54, 1.807) is 0 Å². The Bertz CT molecular complexity index is 407. The van der Waals surface area contributed by atoms with Crippen molar-refractivity contribution < 1.29 is 9.90 Å². The normalized spacial score (nSPS) is 12.5. The summed E-state index contributed by atoms with van der Waals surface area (Å²) in [7, 11) is 0. The van der Waals surface area contributed by atoms with Gasteiger partial charge in [-0.15, -0.1) is 0 Å². The molecule has 3 nitrogen and oxygen atoms in total. The quantitative estimate of drug-likeness (QED) is 0.808. The minimum absolute atomic E-state index is 0.0178. The molecule has 0 bridgehead atoms. The van der Waals surface area contributed by atoms with E-state index in [0.29, 0.717) is 23.8 Å². The average Bonchev–Trinajstić information content (AvgIpc) is 2.36. The Morgan fingerprint density at radius 3 is 2.63 bits per heavy atom. The van der Waals surface area contributed by atoms with E-state index in [0.717, 1.165) is 12.0 Å². The van der Waals surface area contributed by atoms with Crippen molar-refractivity contribution in [3.05, 3.63) is 34.9 Å². The van der Waals surface area contributed by atoms with Crippen molar-refractivity contribution in [3.8, 4) is 0 Å². The lowest BCUT2D eigenvalue weighted by Gasteiger charge is -2.18. The van der Waals surface area contributed by atoms with Crippen LogP contribution in [0.1, 0.15) is 32.3 Å². The molecule has 0 radical (unpaired) electrons. The van der Waals surface area contributed by atoms with Crippen molar-refractivity contribution >= 4 is 17.5 Å². The SMILES string of the molecule is CC(C)CC(CO)NC(=O)CCc1ccccc1Cl. The van der Waals surface area contributed by atoms with Crippen molar-refractivity contribution in [1.29, 1.82) is 0 Å². The van der Waals surface area contributed by atoms with Crippen molar-refractivity contribution in [3.63, 3.8) is 0 Å². The topological polar surface area (TPSA) is 49.3 Å². The number of nitrogens with one attached hydrogen (secondary N) is 1. The van der Waals surface area contributed by atoms with Gasteiger partial charge in [0.15, 0.2) is 0 Å². The largest absolute Gasteiger partial charge is 0.394 e. The van der Waals surface area contributed by atoms with Gasteiger partial charge in [0, 0.05) is 11.4 Å². The molecule has 0 aliphatic rings. The van der Waals surface area contributed by atoms with Gasteiger partial charge in [-0.25, -0.2) is 0 Å². The van der Waals surface area contributed by atoms with Gasteiger partial charge in [-0.05, 0) is 30.4 Å². The predicted octanol–water partition coefficient (Wildman–Crippen LogP) is 2.80. The molecule has 1 aromatic rings. The van der Waals surface area contributed by atoms with Crippen LogP contribution in [0.4, 0.5) is 0 Å². The van der Waals surface area contributed by atoms with Gasteiger partial charge >= 0.3 is 0 Å². The van der Waals surface area contributed by atoms with Gasteiger partial charge in [0.05, 0.1) is 12.6 Å². The smallest absolute Gasteiger partial charge is 0.220 e. The lowest BCUT2D eigenvalue weighted by molar-refractivity contribution is -0.122. The Morgan fingerprint density at radius 2 is 2.05 bits per heavy atom. The maximum atomic E-state index is 11.8. The molecule has 0 saturated carbocycles. The first-order valence-corrected chi connectivity index (χ1v) is 7.04. The second-order valence-electron chi connectivity index (χ2n) is 5.17. The molecule has 0 heterocycles. The summed E-state index contributed by atoms with van der Waals surface area (Å²) in [5.41, 5.74) is 0.976. The van der Waals surface area contributed by atoms with E-state index in [1.807, 2.05) is 24.3 Å². The van der Waals surface area contributed by atoms with E-state index in [1.165, 1.54) is 0 Å². The number of benzene rings is 1. The van der Waals surface area contributed by atoms with E-state index in [9.17, 15) is 9.90 Å². The van der Waals surface area contributed by atoms with Crippen LogP contribution in [-0.4, -0.2) is 23.7 Å². The molecule has 1 amide bonds. The van der Waals surface area contributed by atoms with Gasteiger partial charge in [0.25, 0.3) is 0 Å². The molecule has 1 aromatic carbocycles. The van der Waals surface area contributed by atoms with Gasteiger partial charge in [-0.2, -0.15) is 0 Å². The number of aryl methyl sites for hydroxylation is 1. The molecule has 0 aliphatic heterocycles. The molecule has 1 unspecified atom stereocenters. The molecule has 4 heteroatoms. The van der Waals surface area contributed by atoms with Crippen LogP contribution in [-0.2, 0) is 11.2 Å². The summed E-state index contributed by atoms with van der Waals surface area (Å²) in [4.78, 5) is 11.8. The fraction of sp³-hybridized carbons (Fsp3) is 0.533. The maximum absolute atomic E-state index is 11.8. The van der Waals surface area contributed by atoms with E-state index >= 15 is 0 Å². The summed E-state index contributed by atoms with van der Waals surface area (Å²) in [6.07, 6.45) is 1.79. The van der Waals surface area contributed by atoms with Crippen LogP contribution in [0.3, 0.4) is 0 Å². The van der Waals surface area contributed by atoms with Crippen molar-refractivity contribution in [2.45, 2.75) is 39.2 Å². The molecule has 19 heavy (non-hydrogen) atoms. The third kappa shape index (κ3) is 6.08. The highest BCUT2D eigenvalue weighted by Gasteiger charge is 2.13. The van der Waals surface area contributed by atoms with E-state index in [-0.39, 0.29) is 18.6 Å². The lowest BCUT2D eigenvalue weighted by Crippen LogP contribution is -2.38. The molecule has 0 spiro atoms. The minimum atomic E-state index is -0.154. The predicted molar refractivity (Wildman–Crippen MR) is 78.2 cm³/mol. The summed E-state index contributed by atoms with van der Waals surface area (Å²) in [5.74, 6) is 0.403. The van der Waals surface area contributed by atoms with Crippen LogP contribution in [0.5, 0.6) is 0 Å². The number of aliphatic hydroxyl groups excluding tert-OH is 1. The Labute approximate surface area is 120 Å². The fourth-order valence-electron chi connectivity index (χ4n) is 2.00. The molecule has 0 saturated heterocycles. The first-order valence-electron chi connectivity index (χ1n) is 6.66. The lowest BCUT2D eigenvalue weighted by atomic mass is 10.0. The number of amides is 1. The van der Waals surface area contributed by atoms with Crippen LogP contribution < -0.4 is 5.32 Å². The monoisotopic (exact) mass is 283 g/mol. The second-order valence-corrected chi connectivity index (χ2v) is 5.58. The third-order valence-electron chi connectivity index (χ3n) is 2.92. The first kappa shape index (κ1) is 16.0. The highest BCUT2D eigenvalue weighted by molar-refractivity contribution is 6.31. The highest BCUT2D eigenvalue weighted by atomic mass is 35.5. The zero-order valence-electron chi connectivity index (χ0n) is 11.5. The summed E-state index contributed by atoms with van der Waals surface area (Å²) in [6, 6.07) is 7.38. The minimum Gasteiger partial charge on any atom is -0.394 e. The third-order valence-corrected chi connectivity index (χ3v) is 3.29. The van der Waals surface area contributed by atoms with Crippen LogP contribution >= 0.6 is 11.6 Å². The molecule has 1 atom stereocenters. The number of carbonyl (C=O) groups is 1. The van der Waals surface area contributed by atoms with E-state index in [2.05, 4.69) is 19.2 Å². The Kier molecular flexibility index (Phi) is 6.89. The molecule has 0 fully saturated rings. The number of carbonyl (C=O) groups excluding carboxylic acids is 1. The zero-order chi connectivity index (χ0) is 14.3.